The Balaban J connectivity index is 1.71. The van der Waals surface area contributed by atoms with Crippen molar-refractivity contribution in [2.24, 2.45) is 0 Å². The minimum Gasteiger partial charge on any atom is -0.481 e. The maximum absolute atomic E-state index is 11.8. The van der Waals surface area contributed by atoms with Crippen LogP contribution in [0.25, 0.3) is 11.6 Å². The molecule has 3 nitrogen and oxygen atoms in total. The van der Waals surface area contributed by atoms with Gasteiger partial charge in [-0.3, -0.25) is 4.79 Å². The fourth-order valence-electron chi connectivity index (χ4n) is 4.23. The maximum atomic E-state index is 11.8. The van der Waals surface area contributed by atoms with E-state index in [-0.39, 0.29) is 12.5 Å². The molecule has 28 heavy (non-hydrogen) atoms. The maximum Gasteiger partial charge on any atom is 0.262 e. The molecule has 3 aromatic rings. The molecule has 0 saturated carbocycles. The van der Waals surface area contributed by atoms with Crippen molar-refractivity contribution in [1.82, 2.24) is 0 Å². The largest absolute Gasteiger partial charge is 0.481 e. The molecule has 0 unspecified atom stereocenters. The Hall–Kier alpha value is -3.33. The predicted molar refractivity (Wildman–Crippen MR) is 113 cm³/mol. The first-order chi connectivity index (χ1) is 13.7. The number of nitrogens with one attached hydrogen (secondary N) is 1. The van der Waals surface area contributed by atoms with E-state index < -0.39 is 0 Å². The summed E-state index contributed by atoms with van der Waals surface area (Å²) in [5.41, 5.74) is 9.37. The Labute approximate surface area is 164 Å². The number of benzene rings is 3. The second kappa shape index (κ2) is 6.68. The fraction of sp³-hybridized carbons (Fsp3) is 0.160. The van der Waals surface area contributed by atoms with Gasteiger partial charge in [0.1, 0.15) is 5.75 Å². The average molecular weight is 367 g/mol. The molecule has 0 bridgehead atoms. The van der Waals surface area contributed by atoms with Crippen LogP contribution in [0, 0.1) is 6.92 Å². The van der Waals surface area contributed by atoms with Crippen molar-refractivity contribution in [3.63, 3.8) is 0 Å². The van der Waals surface area contributed by atoms with E-state index in [1.54, 1.807) is 0 Å². The van der Waals surface area contributed by atoms with Gasteiger partial charge in [0.2, 0.25) is 0 Å². The summed E-state index contributed by atoms with van der Waals surface area (Å²) in [6, 6.07) is 21.4. The van der Waals surface area contributed by atoms with Gasteiger partial charge in [-0.25, -0.2) is 0 Å². The number of carbonyl (C=O) groups is 1. The minimum atomic E-state index is -0.109. The molecule has 0 atom stereocenters. The number of fused-ring (bicyclic) bond motifs is 3. The Bertz CT molecular complexity index is 1080. The van der Waals surface area contributed by atoms with E-state index in [0.717, 1.165) is 35.4 Å². The summed E-state index contributed by atoms with van der Waals surface area (Å²) in [5.74, 6) is 0.658. The number of amides is 1. The first-order valence-electron chi connectivity index (χ1n) is 9.64. The van der Waals surface area contributed by atoms with E-state index in [0.29, 0.717) is 0 Å². The highest BCUT2D eigenvalue weighted by Gasteiger charge is 2.20. The van der Waals surface area contributed by atoms with Crippen molar-refractivity contribution >= 4 is 23.2 Å². The van der Waals surface area contributed by atoms with E-state index in [1.807, 2.05) is 13.0 Å². The van der Waals surface area contributed by atoms with Gasteiger partial charge in [0.15, 0.2) is 6.61 Å². The second-order valence-electron chi connectivity index (χ2n) is 7.42. The van der Waals surface area contributed by atoms with Crippen LogP contribution in [0.3, 0.4) is 0 Å². The van der Waals surface area contributed by atoms with Gasteiger partial charge in [-0.1, -0.05) is 48.5 Å². The van der Waals surface area contributed by atoms with E-state index in [4.69, 9.17) is 4.74 Å². The van der Waals surface area contributed by atoms with Gasteiger partial charge in [0.25, 0.3) is 5.91 Å². The SMILES string of the molecule is Cc1cc(C=C2c3ccccc3CCc3ccccc32)cc2c1OCC(=O)N2. The molecule has 0 aromatic heterocycles. The Kier molecular flexibility index (Phi) is 4.01. The number of ether oxygens (including phenoxy) is 1. The standard InChI is InChI=1S/C25H21NO2/c1-16-12-17(14-23-25(16)28-15-24(27)26-23)13-22-20-8-4-2-6-18(20)10-11-19-7-3-5-9-21(19)22/h2-9,12-14H,10-11,15H2,1H3,(H,26,27). The summed E-state index contributed by atoms with van der Waals surface area (Å²) >= 11 is 0. The van der Waals surface area contributed by atoms with Gasteiger partial charge in [0, 0.05) is 0 Å². The summed E-state index contributed by atoms with van der Waals surface area (Å²) < 4.78 is 5.61. The van der Waals surface area contributed by atoms with Crippen LogP contribution in [-0.2, 0) is 17.6 Å². The first kappa shape index (κ1) is 16.8. The van der Waals surface area contributed by atoms with Crippen molar-refractivity contribution in [2.75, 3.05) is 11.9 Å². The molecule has 1 heterocycles. The van der Waals surface area contributed by atoms with Crippen LogP contribution >= 0.6 is 0 Å². The van der Waals surface area contributed by atoms with E-state index in [9.17, 15) is 4.79 Å². The second-order valence-corrected chi connectivity index (χ2v) is 7.42. The normalized spacial score (nSPS) is 14.8. The summed E-state index contributed by atoms with van der Waals surface area (Å²) in [4.78, 5) is 11.8. The molecule has 1 aliphatic heterocycles. The van der Waals surface area contributed by atoms with Crippen molar-refractivity contribution in [3.05, 3.63) is 94.0 Å². The molecule has 0 fully saturated rings. The molecule has 3 heteroatoms. The van der Waals surface area contributed by atoms with Crippen molar-refractivity contribution < 1.29 is 9.53 Å². The Morgan fingerprint density at radius 3 is 2.25 bits per heavy atom. The number of anilines is 1. The van der Waals surface area contributed by atoms with Gasteiger partial charge < -0.3 is 10.1 Å². The Morgan fingerprint density at radius 2 is 1.57 bits per heavy atom. The lowest BCUT2D eigenvalue weighted by molar-refractivity contribution is -0.118. The molecular weight excluding hydrogens is 346 g/mol. The van der Waals surface area contributed by atoms with Crippen LogP contribution in [0.4, 0.5) is 5.69 Å². The van der Waals surface area contributed by atoms with Crippen LogP contribution < -0.4 is 10.1 Å². The van der Waals surface area contributed by atoms with Crippen LogP contribution in [0.15, 0.2) is 60.7 Å². The third kappa shape index (κ3) is 2.89. The smallest absolute Gasteiger partial charge is 0.262 e. The molecule has 0 radical (unpaired) electrons. The predicted octanol–water partition coefficient (Wildman–Crippen LogP) is 5.01. The van der Waals surface area contributed by atoms with Gasteiger partial charge in [-0.2, -0.15) is 0 Å². The molecule has 3 aromatic carbocycles. The zero-order valence-electron chi connectivity index (χ0n) is 15.8. The number of hydrogen-bond acceptors (Lipinski definition) is 2. The van der Waals surface area contributed by atoms with Crippen molar-refractivity contribution in [1.29, 1.82) is 0 Å². The number of rotatable bonds is 1. The molecule has 1 N–H and O–H groups in total. The molecule has 0 spiro atoms. The quantitative estimate of drug-likeness (QED) is 0.656. The Morgan fingerprint density at radius 1 is 0.929 bits per heavy atom. The monoisotopic (exact) mass is 367 g/mol. The van der Waals surface area contributed by atoms with Crippen LogP contribution in [0.5, 0.6) is 5.75 Å². The molecule has 5 rings (SSSR count). The lowest BCUT2D eigenvalue weighted by Crippen LogP contribution is -2.25. The lowest BCUT2D eigenvalue weighted by atomic mass is 9.92. The third-order valence-electron chi connectivity index (χ3n) is 5.51. The van der Waals surface area contributed by atoms with Crippen LogP contribution in [-0.4, -0.2) is 12.5 Å². The van der Waals surface area contributed by atoms with Crippen molar-refractivity contribution in [3.8, 4) is 5.75 Å². The van der Waals surface area contributed by atoms with Gasteiger partial charge >= 0.3 is 0 Å². The molecule has 2 aliphatic rings. The topological polar surface area (TPSA) is 38.3 Å². The van der Waals surface area contributed by atoms with Gasteiger partial charge in [-0.15, -0.1) is 0 Å². The fourth-order valence-corrected chi connectivity index (χ4v) is 4.23. The van der Waals surface area contributed by atoms with Gasteiger partial charge in [-0.05, 0) is 76.9 Å². The highest BCUT2D eigenvalue weighted by atomic mass is 16.5. The summed E-state index contributed by atoms with van der Waals surface area (Å²) in [6.45, 7) is 2.10. The average Bonchev–Trinajstić information content (AvgIpc) is 2.85. The lowest BCUT2D eigenvalue weighted by Gasteiger charge is -2.20. The van der Waals surface area contributed by atoms with E-state index in [2.05, 4.69) is 66.0 Å². The van der Waals surface area contributed by atoms with Gasteiger partial charge in [0.05, 0.1) is 5.69 Å². The number of carbonyl (C=O) groups excluding carboxylic acids is 1. The summed E-state index contributed by atoms with van der Waals surface area (Å²) in [6.07, 6.45) is 4.31. The zero-order valence-corrected chi connectivity index (χ0v) is 15.8. The minimum absolute atomic E-state index is 0.0784. The molecule has 0 saturated heterocycles. The molecular formula is C25H21NO2. The number of hydrogen-bond donors (Lipinski definition) is 1. The first-order valence-corrected chi connectivity index (χ1v) is 9.64. The number of aryl methyl sites for hydroxylation is 3. The third-order valence-corrected chi connectivity index (χ3v) is 5.51. The summed E-state index contributed by atoms with van der Waals surface area (Å²) in [5, 5.41) is 2.94. The van der Waals surface area contributed by atoms with Crippen LogP contribution in [0.2, 0.25) is 0 Å². The van der Waals surface area contributed by atoms with E-state index in [1.165, 1.54) is 27.8 Å². The zero-order chi connectivity index (χ0) is 19.1. The molecule has 1 aliphatic carbocycles. The van der Waals surface area contributed by atoms with Crippen LogP contribution in [0.1, 0.15) is 33.4 Å². The molecule has 138 valence electrons. The van der Waals surface area contributed by atoms with E-state index >= 15 is 0 Å². The van der Waals surface area contributed by atoms with Crippen molar-refractivity contribution in [2.45, 2.75) is 19.8 Å². The highest BCUT2D eigenvalue weighted by molar-refractivity contribution is 5.98. The molecule has 1 amide bonds. The highest BCUT2D eigenvalue weighted by Crippen LogP contribution is 2.37. The summed E-state index contributed by atoms with van der Waals surface area (Å²) in [7, 11) is 0.